The van der Waals surface area contributed by atoms with Crippen LogP contribution in [0.4, 0.5) is 0 Å². The van der Waals surface area contributed by atoms with Crippen LogP contribution in [0.5, 0.6) is 11.5 Å². The maximum Gasteiger partial charge on any atom is 0.244 e. The molecular weight excluding hydrogens is 316 g/mol. The number of ether oxygens (including phenoxy) is 2. The van der Waals surface area contributed by atoms with Crippen molar-refractivity contribution in [3.05, 3.63) is 59.9 Å². The first-order valence-electron chi connectivity index (χ1n) is 8.48. The SMILES string of the molecule is CCOc1ccc(/C=C/C(=O)NCCc2ccccn2)cc1OCC. The van der Waals surface area contributed by atoms with Gasteiger partial charge in [-0.15, -0.1) is 0 Å². The normalized spacial score (nSPS) is 10.6. The summed E-state index contributed by atoms with van der Waals surface area (Å²) < 4.78 is 11.1. The molecule has 1 N–H and O–H groups in total. The fourth-order valence-electron chi connectivity index (χ4n) is 2.26. The Morgan fingerprint density at radius 2 is 1.92 bits per heavy atom. The number of aromatic nitrogens is 1. The Hall–Kier alpha value is -2.82. The number of rotatable bonds is 9. The molecule has 0 aliphatic rings. The van der Waals surface area contributed by atoms with Gasteiger partial charge in [0.2, 0.25) is 5.91 Å². The quantitative estimate of drug-likeness (QED) is 0.712. The second kappa shape index (κ2) is 10.1. The molecule has 0 spiro atoms. The van der Waals surface area contributed by atoms with Gasteiger partial charge in [0.15, 0.2) is 11.5 Å². The molecule has 0 atom stereocenters. The number of hydrogen-bond acceptors (Lipinski definition) is 4. The van der Waals surface area contributed by atoms with E-state index in [0.29, 0.717) is 37.7 Å². The number of nitrogens with zero attached hydrogens (tertiary/aromatic N) is 1. The molecule has 25 heavy (non-hydrogen) atoms. The molecule has 0 saturated carbocycles. The van der Waals surface area contributed by atoms with E-state index < -0.39 is 0 Å². The highest BCUT2D eigenvalue weighted by Crippen LogP contribution is 2.28. The number of carbonyl (C=O) groups excluding carboxylic acids is 1. The molecule has 0 saturated heterocycles. The third-order valence-electron chi connectivity index (χ3n) is 3.40. The van der Waals surface area contributed by atoms with Gasteiger partial charge in [-0.3, -0.25) is 9.78 Å². The molecule has 0 aliphatic heterocycles. The van der Waals surface area contributed by atoms with Crippen molar-refractivity contribution in [2.45, 2.75) is 20.3 Å². The predicted octanol–water partition coefficient (Wildman–Crippen LogP) is 3.25. The highest BCUT2D eigenvalue weighted by Gasteiger charge is 2.05. The molecule has 1 heterocycles. The predicted molar refractivity (Wildman–Crippen MR) is 98.8 cm³/mol. The molecule has 1 aromatic carbocycles. The van der Waals surface area contributed by atoms with E-state index in [1.54, 1.807) is 12.3 Å². The number of nitrogens with one attached hydrogen (secondary N) is 1. The van der Waals surface area contributed by atoms with Gasteiger partial charge in [0, 0.05) is 30.9 Å². The van der Waals surface area contributed by atoms with E-state index in [2.05, 4.69) is 10.3 Å². The molecule has 1 aromatic heterocycles. The summed E-state index contributed by atoms with van der Waals surface area (Å²) in [6.45, 7) is 5.54. The van der Waals surface area contributed by atoms with E-state index in [1.165, 1.54) is 6.08 Å². The van der Waals surface area contributed by atoms with Gasteiger partial charge in [-0.1, -0.05) is 12.1 Å². The van der Waals surface area contributed by atoms with Gasteiger partial charge in [-0.05, 0) is 49.8 Å². The summed E-state index contributed by atoms with van der Waals surface area (Å²) in [4.78, 5) is 16.1. The Kier molecular flexibility index (Phi) is 7.50. The van der Waals surface area contributed by atoms with Crippen LogP contribution in [0.1, 0.15) is 25.1 Å². The zero-order chi connectivity index (χ0) is 17.9. The summed E-state index contributed by atoms with van der Waals surface area (Å²) in [5.74, 6) is 1.26. The van der Waals surface area contributed by atoms with Crippen molar-refractivity contribution < 1.29 is 14.3 Å². The molecule has 0 unspecified atom stereocenters. The maximum atomic E-state index is 11.9. The summed E-state index contributed by atoms with van der Waals surface area (Å²) in [7, 11) is 0. The van der Waals surface area contributed by atoms with Crippen LogP contribution in [0, 0.1) is 0 Å². The number of carbonyl (C=O) groups is 1. The van der Waals surface area contributed by atoms with Gasteiger partial charge in [0.1, 0.15) is 0 Å². The van der Waals surface area contributed by atoms with Crippen molar-refractivity contribution in [2.75, 3.05) is 19.8 Å². The lowest BCUT2D eigenvalue weighted by molar-refractivity contribution is -0.116. The Balaban J connectivity index is 1.89. The van der Waals surface area contributed by atoms with Crippen LogP contribution >= 0.6 is 0 Å². The lowest BCUT2D eigenvalue weighted by Crippen LogP contribution is -2.23. The fraction of sp³-hybridized carbons (Fsp3) is 0.300. The van der Waals surface area contributed by atoms with Crippen LogP contribution in [-0.4, -0.2) is 30.6 Å². The smallest absolute Gasteiger partial charge is 0.244 e. The average molecular weight is 340 g/mol. The fourth-order valence-corrected chi connectivity index (χ4v) is 2.26. The van der Waals surface area contributed by atoms with Crippen LogP contribution in [0.15, 0.2) is 48.7 Å². The minimum absolute atomic E-state index is 0.136. The monoisotopic (exact) mass is 340 g/mol. The molecule has 5 heteroatoms. The van der Waals surface area contributed by atoms with E-state index in [1.807, 2.05) is 50.2 Å². The Morgan fingerprint density at radius 1 is 1.12 bits per heavy atom. The minimum atomic E-state index is -0.136. The first kappa shape index (κ1) is 18.5. The third kappa shape index (κ3) is 6.30. The van der Waals surface area contributed by atoms with Gasteiger partial charge < -0.3 is 14.8 Å². The van der Waals surface area contributed by atoms with E-state index in [-0.39, 0.29) is 5.91 Å². The van der Waals surface area contributed by atoms with Crippen LogP contribution in [-0.2, 0) is 11.2 Å². The van der Waals surface area contributed by atoms with E-state index in [4.69, 9.17) is 9.47 Å². The minimum Gasteiger partial charge on any atom is -0.490 e. The summed E-state index contributed by atoms with van der Waals surface area (Å²) >= 11 is 0. The molecule has 2 rings (SSSR count). The molecular formula is C20H24N2O3. The number of amides is 1. The molecule has 0 fully saturated rings. The first-order chi connectivity index (χ1) is 12.2. The summed E-state index contributed by atoms with van der Waals surface area (Å²) in [5.41, 5.74) is 1.84. The molecule has 1 amide bonds. The zero-order valence-electron chi connectivity index (χ0n) is 14.7. The van der Waals surface area contributed by atoms with Crippen molar-refractivity contribution in [3.8, 4) is 11.5 Å². The second-order valence-electron chi connectivity index (χ2n) is 5.27. The highest BCUT2D eigenvalue weighted by molar-refractivity contribution is 5.91. The van der Waals surface area contributed by atoms with Crippen LogP contribution < -0.4 is 14.8 Å². The number of pyridine rings is 1. The lowest BCUT2D eigenvalue weighted by atomic mass is 10.2. The number of hydrogen-bond donors (Lipinski definition) is 1. The van der Waals surface area contributed by atoms with Crippen molar-refractivity contribution in [1.82, 2.24) is 10.3 Å². The van der Waals surface area contributed by atoms with Gasteiger partial charge >= 0.3 is 0 Å². The van der Waals surface area contributed by atoms with Crippen LogP contribution in [0.25, 0.3) is 6.08 Å². The second-order valence-corrected chi connectivity index (χ2v) is 5.27. The number of benzene rings is 1. The molecule has 2 aromatic rings. The standard InChI is InChI=1S/C20H24N2O3/c1-3-24-18-10-8-16(15-19(18)25-4-2)9-11-20(23)22-14-12-17-7-5-6-13-21-17/h5-11,13,15H,3-4,12,14H2,1-2H3,(H,22,23)/b11-9+. The lowest BCUT2D eigenvalue weighted by Gasteiger charge is -2.11. The van der Waals surface area contributed by atoms with Gasteiger partial charge in [0.05, 0.1) is 13.2 Å². The van der Waals surface area contributed by atoms with Crippen LogP contribution in [0.2, 0.25) is 0 Å². The summed E-state index contributed by atoms with van der Waals surface area (Å²) in [6.07, 6.45) is 5.73. The Bertz CT molecular complexity index is 699. The molecule has 0 radical (unpaired) electrons. The van der Waals surface area contributed by atoms with E-state index in [0.717, 1.165) is 11.3 Å². The van der Waals surface area contributed by atoms with Gasteiger partial charge in [-0.2, -0.15) is 0 Å². The van der Waals surface area contributed by atoms with Gasteiger partial charge in [-0.25, -0.2) is 0 Å². The molecule has 0 bridgehead atoms. The largest absolute Gasteiger partial charge is 0.490 e. The topological polar surface area (TPSA) is 60.5 Å². The summed E-state index contributed by atoms with van der Waals surface area (Å²) in [5, 5.41) is 2.85. The molecule has 5 nitrogen and oxygen atoms in total. The van der Waals surface area contributed by atoms with Crippen molar-refractivity contribution in [3.63, 3.8) is 0 Å². The third-order valence-corrected chi connectivity index (χ3v) is 3.40. The Labute approximate surface area is 148 Å². The van der Waals surface area contributed by atoms with Crippen molar-refractivity contribution in [1.29, 1.82) is 0 Å². The van der Waals surface area contributed by atoms with Crippen molar-refractivity contribution in [2.24, 2.45) is 0 Å². The van der Waals surface area contributed by atoms with E-state index in [9.17, 15) is 4.79 Å². The van der Waals surface area contributed by atoms with Crippen molar-refractivity contribution >= 4 is 12.0 Å². The molecule has 0 aliphatic carbocycles. The Morgan fingerprint density at radius 3 is 2.64 bits per heavy atom. The zero-order valence-corrected chi connectivity index (χ0v) is 14.7. The first-order valence-corrected chi connectivity index (χ1v) is 8.48. The van der Waals surface area contributed by atoms with Crippen LogP contribution in [0.3, 0.4) is 0 Å². The average Bonchev–Trinajstić information content (AvgIpc) is 2.63. The van der Waals surface area contributed by atoms with E-state index >= 15 is 0 Å². The molecule has 132 valence electrons. The van der Waals surface area contributed by atoms with Gasteiger partial charge in [0.25, 0.3) is 0 Å². The summed E-state index contributed by atoms with van der Waals surface area (Å²) in [6, 6.07) is 11.4. The maximum absolute atomic E-state index is 11.9. The highest BCUT2D eigenvalue weighted by atomic mass is 16.5.